The van der Waals surface area contributed by atoms with Crippen molar-refractivity contribution in [1.82, 2.24) is 0 Å². The summed E-state index contributed by atoms with van der Waals surface area (Å²) >= 11 is 3.27. The first-order valence-electron chi connectivity index (χ1n) is 8.35. The number of rotatable bonds is 6. The van der Waals surface area contributed by atoms with Crippen LogP contribution in [-0.2, 0) is 14.3 Å². The molecular weight excluding hydrogens is 432 g/mol. The van der Waals surface area contributed by atoms with E-state index in [0.29, 0.717) is 11.3 Å². The summed E-state index contributed by atoms with van der Waals surface area (Å²) in [5.41, 5.74) is 0.619. The molecule has 3 rings (SSSR count). The van der Waals surface area contributed by atoms with E-state index in [2.05, 4.69) is 15.9 Å². The van der Waals surface area contributed by atoms with Crippen molar-refractivity contribution in [2.75, 3.05) is 18.1 Å². The lowest BCUT2D eigenvalue weighted by molar-refractivity contribution is -0.384. The summed E-state index contributed by atoms with van der Waals surface area (Å²) in [5, 5.41) is 10.9. The molecule has 0 aliphatic carbocycles. The number of carbonyl (C=O) groups is 3. The number of nitro groups is 1. The van der Waals surface area contributed by atoms with Crippen LogP contribution in [-0.4, -0.2) is 35.7 Å². The van der Waals surface area contributed by atoms with E-state index in [1.807, 2.05) is 0 Å². The summed E-state index contributed by atoms with van der Waals surface area (Å²) < 4.78 is 5.91. The molecule has 0 unspecified atom stereocenters. The van der Waals surface area contributed by atoms with Gasteiger partial charge in [-0.1, -0.05) is 34.1 Å². The number of anilines is 1. The molecule has 0 aromatic heterocycles. The van der Waals surface area contributed by atoms with Gasteiger partial charge >= 0.3 is 5.97 Å². The van der Waals surface area contributed by atoms with Crippen LogP contribution < -0.4 is 4.90 Å². The highest BCUT2D eigenvalue weighted by atomic mass is 79.9. The minimum atomic E-state index is -0.732. The van der Waals surface area contributed by atoms with Crippen molar-refractivity contribution in [3.8, 4) is 0 Å². The van der Waals surface area contributed by atoms with E-state index in [4.69, 9.17) is 4.74 Å². The number of amides is 1. The van der Waals surface area contributed by atoms with Gasteiger partial charge in [0, 0.05) is 35.1 Å². The Balaban J connectivity index is 1.60. The second-order valence-corrected chi connectivity index (χ2v) is 7.14. The van der Waals surface area contributed by atoms with Crippen LogP contribution in [0.3, 0.4) is 0 Å². The number of ether oxygens (including phenoxy) is 1. The smallest absolute Gasteiger partial charge is 0.311 e. The normalized spacial score (nSPS) is 16.1. The molecule has 1 fully saturated rings. The first-order chi connectivity index (χ1) is 13.3. The van der Waals surface area contributed by atoms with E-state index in [9.17, 15) is 24.5 Å². The summed E-state index contributed by atoms with van der Waals surface area (Å²) in [7, 11) is 0. The van der Waals surface area contributed by atoms with Gasteiger partial charge in [-0.15, -0.1) is 0 Å². The van der Waals surface area contributed by atoms with Crippen molar-refractivity contribution < 1.29 is 24.0 Å². The number of halogens is 1. The lowest BCUT2D eigenvalue weighted by Gasteiger charge is -2.16. The van der Waals surface area contributed by atoms with E-state index >= 15 is 0 Å². The van der Waals surface area contributed by atoms with Crippen LogP contribution in [0, 0.1) is 16.0 Å². The number of nitrogens with zero attached hydrogens (tertiary/aromatic N) is 2. The molecule has 9 heteroatoms. The SMILES string of the molecule is O=C(COC(=O)[C@H]1CC(=O)N(c2cccc([N+](=O)[O-])c2)C1)c1ccc(Br)cc1. The van der Waals surface area contributed by atoms with Crippen molar-refractivity contribution in [2.24, 2.45) is 5.92 Å². The lowest BCUT2D eigenvalue weighted by atomic mass is 10.1. The van der Waals surface area contributed by atoms with Crippen molar-refractivity contribution >= 4 is 45.0 Å². The van der Waals surface area contributed by atoms with Crippen LogP contribution in [0.1, 0.15) is 16.8 Å². The second kappa shape index (κ2) is 8.30. The first-order valence-corrected chi connectivity index (χ1v) is 9.14. The molecule has 1 atom stereocenters. The van der Waals surface area contributed by atoms with Crippen LogP contribution in [0.4, 0.5) is 11.4 Å². The number of benzene rings is 2. The monoisotopic (exact) mass is 446 g/mol. The van der Waals surface area contributed by atoms with Gasteiger partial charge in [-0.05, 0) is 18.2 Å². The predicted octanol–water partition coefficient (Wildman–Crippen LogP) is 3.14. The van der Waals surface area contributed by atoms with Gasteiger partial charge < -0.3 is 9.64 Å². The number of carbonyl (C=O) groups excluding carboxylic acids is 3. The number of nitro benzene ring substituents is 1. The van der Waals surface area contributed by atoms with Gasteiger partial charge in [0.15, 0.2) is 12.4 Å². The van der Waals surface area contributed by atoms with E-state index in [0.717, 1.165) is 4.47 Å². The van der Waals surface area contributed by atoms with Gasteiger partial charge in [-0.3, -0.25) is 24.5 Å². The molecule has 144 valence electrons. The van der Waals surface area contributed by atoms with Crippen LogP contribution in [0.2, 0.25) is 0 Å². The molecule has 0 bridgehead atoms. The third-order valence-corrected chi connectivity index (χ3v) is 4.85. The summed E-state index contributed by atoms with van der Waals surface area (Å²) in [4.78, 5) is 48.3. The van der Waals surface area contributed by atoms with Gasteiger partial charge in [-0.25, -0.2) is 0 Å². The van der Waals surface area contributed by atoms with Crippen LogP contribution in [0.5, 0.6) is 0 Å². The van der Waals surface area contributed by atoms with Crippen molar-refractivity contribution in [1.29, 1.82) is 0 Å². The average molecular weight is 447 g/mol. The Labute approximate surface area is 168 Å². The molecule has 0 radical (unpaired) electrons. The molecule has 28 heavy (non-hydrogen) atoms. The quantitative estimate of drug-likeness (QED) is 0.292. The second-order valence-electron chi connectivity index (χ2n) is 6.22. The average Bonchev–Trinajstić information content (AvgIpc) is 3.08. The van der Waals surface area contributed by atoms with Crippen molar-refractivity contribution in [2.45, 2.75) is 6.42 Å². The Morgan fingerprint density at radius 3 is 2.61 bits per heavy atom. The maximum absolute atomic E-state index is 12.3. The number of non-ortho nitro benzene ring substituents is 1. The molecule has 1 aliphatic rings. The molecule has 1 amide bonds. The Kier molecular flexibility index (Phi) is 5.84. The highest BCUT2D eigenvalue weighted by Gasteiger charge is 2.36. The molecule has 8 nitrogen and oxygen atoms in total. The zero-order valence-corrected chi connectivity index (χ0v) is 16.1. The largest absolute Gasteiger partial charge is 0.457 e. The summed E-state index contributed by atoms with van der Waals surface area (Å²) in [5.74, 6) is -2.06. The summed E-state index contributed by atoms with van der Waals surface area (Å²) in [6.45, 7) is -0.368. The number of hydrogen-bond donors (Lipinski definition) is 0. The van der Waals surface area contributed by atoms with Crippen LogP contribution >= 0.6 is 15.9 Å². The highest BCUT2D eigenvalue weighted by molar-refractivity contribution is 9.10. The van der Waals surface area contributed by atoms with Gasteiger partial charge in [0.2, 0.25) is 5.91 Å². The van der Waals surface area contributed by atoms with E-state index < -0.39 is 23.4 Å². The molecule has 1 heterocycles. The zero-order chi connectivity index (χ0) is 20.3. The number of Topliss-reactive ketones (excluding diaryl/α,β-unsaturated/α-hetero) is 1. The minimum absolute atomic E-state index is 0.0469. The maximum Gasteiger partial charge on any atom is 0.311 e. The van der Waals surface area contributed by atoms with Gasteiger partial charge in [0.1, 0.15) is 0 Å². The fourth-order valence-electron chi connectivity index (χ4n) is 2.86. The van der Waals surface area contributed by atoms with E-state index in [-0.39, 0.29) is 30.3 Å². The topological polar surface area (TPSA) is 107 Å². The molecule has 2 aromatic rings. The number of esters is 1. The number of ketones is 1. The van der Waals surface area contributed by atoms with Crippen LogP contribution in [0.25, 0.3) is 0 Å². The van der Waals surface area contributed by atoms with Gasteiger partial charge in [0.25, 0.3) is 5.69 Å². The van der Waals surface area contributed by atoms with E-state index in [1.54, 1.807) is 30.3 Å². The van der Waals surface area contributed by atoms with Crippen LogP contribution in [0.15, 0.2) is 53.0 Å². The Morgan fingerprint density at radius 1 is 1.21 bits per heavy atom. The van der Waals surface area contributed by atoms with Gasteiger partial charge in [-0.2, -0.15) is 0 Å². The Hall–Kier alpha value is -3.07. The summed E-state index contributed by atoms with van der Waals surface area (Å²) in [6.07, 6.45) is -0.0754. The molecule has 1 aliphatic heterocycles. The molecular formula is C19H15BrN2O6. The molecule has 0 spiro atoms. The Bertz CT molecular complexity index is 944. The number of hydrogen-bond acceptors (Lipinski definition) is 6. The third kappa shape index (κ3) is 4.42. The van der Waals surface area contributed by atoms with Crippen molar-refractivity contribution in [3.63, 3.8) is 0 Å². The minimum Gasteiger partial charge on any atom is -0.457 e. The summed E-state index contributed by atoms with van der Waals surface area (Å²) in [6, 6.07) is 12.3. The third-order valence-electron chi connectivity index (χ3n) is 4.32. The van der Waals surface area contributed by atoms with Crippen molar-refractivity contribution in [3.05, 3.63) is 68.7 Å². The molecule has 0 N–H and O–H groups in total. The fourth-order valence-corrected chi connectivity index (χ4v) is 3.13. The van der Waals surface area contributed by atoms with Gasteiger partial charge in [0.05, 0.1) is 16.5 Å². The highest BCUT2D eigenvalue weighted by Crippen LogP contribution is 2.28. The molecule has 2 aromatic carbocycles. The molecule has 1 saturated heterocycles. The first kappa shape index (κ1) is 19.7. The standard InChI is InChI=1S/C19H15BrN2O6/c20-14-6-4-12(5-7-14)17(23)11-28-19(25)13-8-18(24)21(10-13)15-2-1-3-16(9-15)22(26)27/h1-7,9,13H,8,10-11H2/t13-/m0/s1. The zero-order valence-electron chi connectivity index (χ0n) is 14.5. The van der Waals surface area contributed by atoms with E-state index in [1.165, 1.54) is 23.1 Å². The molecule has 0 saturated carbocycles. The fraction of sp³-hybridized carbons (Fsp3) is 0.211. The lowest BCUT2D eigenvalue weighted by Crippen LogP contribution is -2.27. The predicted molar refractivity (Wildman–Crippen MR) is 103 cm³/mol. The maximum atomic E-state index is 12.3. The Morgan fingerprint density at radius 2 is 1.93 bits per heavy atom.